The summed E-state index contributed by atoms with van der Waals surface area (Å²) in [4.78, 5) is 10.6. The third-order valence-electron chi connectivity index (χ3n) is 3.46. The van der Waals surface area contributed by atoms with Gasteiger partial charge in [0.15, 0.2) is 0 Å². The van der Waals surface area contributed by atoms with Gasteiger partial charge < -0.3 is 15.7 Å². The van der Waals surface area contributed by atoms with Gasteiger partial charge in [-0.3, -0.25) is 10.1 Å². The van der Waals surface area contributed by atoms with Crippen molar-refractivity contribution in [2.24, 2.45) is 0 Å². The number of aliphatic hydroxyl groups is 1. The lowest BCUT2D eigenvalue weighted by Crippen LogP contribution is -2.21. The highest BCUT2D eigenvalue weighted by Crippen LogP contribution is 2.25. The quantitative estimate of drug-likeness (QED) is 0.534. The summed E-state index contributed by atoms with van der Waals surface area (Å²) in [6.45, 7) is 0.706. The van der Waals surface area contributed by atoms with Crippen LogP contribution in [-0.4, -0.2) is 23.6 Å². The molecule has 2 aromatic rings. The van der Waals surface area contributed by atoms with Crippen LogP contribution in [0.5, 0.6) is 0 Å². The fourth-order valence-electron chi connectivity index (χ4n) is 2.26. The molecule has 122 valence electrons. The predicted octanol–water partition coefficient (Wildman–Crippen LogP) is 3.11. The van der Waals surface area contributed by atoms with Crippen LogP contribution in [0.1, 0.15) is 17.2 Å². The van der Waals surface area contributed by atoms with Crippen molar-refractivity contribution in [3.8, 4) is 0 Å². The van der Waals surface area contributed by atoms with E-state index in [4.69, 9.17) is 11.6 Å². The normalized spacial score (nSPS) is 12.0. The molecule has 0 fully saturated rings. The lowest BCUT2D eigenvalue weighted by atomic mass is 10.1. The Bertz CT molecular complexity index is 694. The van der Waals surface area contributed by atoms with Crippen LogP contribution in [0.15, 0.2) is 42.5 Å². The fourth-order valence-corrected chi connectivity index (χ4v) is 2.52. The average Bonchev–Trinajstić information content (AvgIpc) is 2.55. The van der Waals surface area contributed by atoms with Gasteiger partial charge in [0, 0.05) is 36.8 Å². The van der Waals surface area contributed by atoms with Crippen LogP contribution in [0.2, 0.25) is 5.02 Å². The standard InChI is InChI=1S/C16H18ClN3O3/c1-18-14-7-6-11(8-15(14)20(22)23)9-19-10-16(21)12-4-2-3-5-13(12)17/h2-8,16,18-19,21H,9-10H2,1H3. The minimum atomic E-state index is -0.740. The molecular weight excluding hydrogens is 318 g/mol. The van der Waals surface area contributed by atoms with Gasteiger partial charge in [0.2, 0.25) is 0 Å². The summed E-state index contributed by atoms with van der Waals surface area (Å²) in [5.74, 6) is 0. The average molecular weight is 336 g/mol. The molecule has 7 heteroatoms. The smallest absolute Gasteiger partial charge is 0.292 e. The molecule has 0 aliphatic rings. The van der Waals surface area contributed by atoms with E-state index < -0.39 is 11.0 Å². The number of nitro benzene ring substituents is 1. The minimum absolute atomic E-state index is 0.0263. The zero-order valence-corrected chi connectivity index (χ0v) is 13.4. The lowest BCUT2D eigenvalue weighted by molar-refractivity contribution is -0.384. The second-order valence-corrected chi connectivity index (χ2v) is 5.43. The molecule has 1 unspecified atom stereocenters. The number of hydrogen-bond acceptors (Lipinski definition) is 5. The largest absolute Gasteiger partial charge is 0.387 e. The number of halogens is 1. The second kappa shape index (κ2) is 7.92. The Morgan fingerprint density at radius 2 is 2.04 bits per heavy atom. The monoisotopic (exact) mass is 335 g/mol. The van der Waals surface area contributed by atoms with E-state index in [1.807, 2.05) is 6.07 Å². The molecule has 0 amide bonds. The topological polar surface area (TPSA) is 87.4 Å². The zero-order valence-electron chi connectivity index (χ0n) is 12.6. The van der Waals surface area contributed by atoms with E-state index in [1.54, 1.807) is 37.4 Å². The second-order valence-electron chi connectivity index (χ2n) is 5.03. The molecule has 0 radical (unpaired) electrons. The number of rotatable bonds is 7. The number of nitrogens with one attached hydrogen (secondary N) is 2. The van der Waals surface area contributed by atoms with Crippen molar-refractivity contribution >= 4 is 23.0 Å². The highest BCUT2D eigenvalue weighted by Gasteiger charge is 2.14. The Morgan fingerprint density at radius 1 is 1.30 bits per heavy atom. The predicted molar refractivity (Wildman–Crippen MR) is 90.8 cm³/mol. The molecule has 0 spiro atoms. The van der Waals surface area contributed by atoms with E-state index in [-0.39, 0.29) is 5.69 Å². The number of benzene rings is 2. The van der Waals surface area contributed by atoms with Crippen molar-refractivity contribution in [2.45, 2.75) is 12.6 Å². The van der Waals surface area contributed by atoms with Crippen molar-refractivity contribution in [2.75, 3.05) is 18.9 Å². The molecule has 0 saturated heterocycles. The summed E-state index contributed by atoms with van der Waals surface area (Å²) in [6, 6.07) is 12.1. The Morgan fingerprint density at radius 3 is 2.70 bits per heavy atom. The van der Waals surface area contributed by atoms with Gasteiger partial charge in [-0.05, 0) is 17.7 Å². The molecular formula is C16H18ClN3O3. The third kappa shape index (κ3) is 4.41. The zero-order chi connectivity index (χ0) is 16.8. The molecule has 3 N–H and O–H groups in total. The van der Waals surface area contributed by atoms with Crippen molar-refractivity contribution in [1.29, 1.82) is 0 Å². The first kappa shape index (κ1) is 17.2. The maximum Gasteiger partial charge on any atom is 0.292 e. The van der Waals surface area contributed by atoms with Crippen LogP contribution in [0.25, 0.3) is 0 Å². The highest BCUT2D eigenvalue weighted by molar-refractivity contribution is 6.31. The number of nitrogens with zero attached hydrogens (tertiary/aromatic N) is 1. The number of hydrogen-bond donors (Lipinski definition) is 3. The number of anilines is 1. The SMILES string of the molecule is CNc1ccc(CNCC(O)c2ccccc2Cl)cc1[N+](=O)[O-]. The Labute approximate surface area is 139 Å². The van der Waals surface area contributed by atoms with Gasteiger partial charge >= 0.3 is 0 Å². The summed E-state index contributed by atoms with van der Waals surface area (Å²) >= 11 is 6.03. The Hall–Kier alpha value is -2.15. The van der Waals surface area contributed by atoms with Gasteiger partial charge in [-0.1, -0.05) is 35.9 Å². The van der Waals surface area contributed by atoms with Gasteiger partial charge in [-0.15, -0.1) is 0 Å². The lowest BCUT2D eigenvalue weighted by Gasteiger charge is -2.14. The molecule has 1 atom stereocenters. The molecule has 0 heterocycles. The summed E-state index contributed by atoms with van der Waals surface area (Å²) in [6.07, 6.45) is -0.740. The van der Waals surface area contributed by atoms with Gasteiger partial charge in [0.25, 0.3) is 5.69 Å². The third-order valence-corrected chi connectivity index (χ3v) is 3.80. The first-order chi connectivity index (χ1) is 11.0. The molecule has 0 aliphatic heterocycles. The van der Waals surface area contributed by atoms with Crippen molar-refractivity contribution < 1.29 is 10.0 Å². The molecule has 6 nitrogen and oxygen atoms in total. The minimum Gasteiger partial charge on any atom is -0.387 e. The molecule has 0 saturated carbocycles. The molecule has 2 rings (SSSR count). The van der Waals surface area contributed by atoms with Crippen LogP contribution < -0.4 is 10.6 Å². The Kier molecular flexibility index (Phi) is 5.92. The number of aliphatic hydroxyl groups excluding tert-OH is 1. The van der Waals surface area contributed by atoms with Crippen LogP contribution >= 0.6 is 11.6 Å². The summed E-state index contributed by atoms with van der Waals surface area (Å²) in [5.41, 5.74) is 1.91. The fraction of sp³-hybridized carbons (Fsp3) is 0.250. The first-order valence-corrected chi connectivity index (χ1v) is 7.49. The van der Waals surface area contributed by atoms with Crippen molar-refractivity contribution in [3.05, 3.63) is 68.7 Å². The maximum atomic E-state index is 11.0. The van der Waals surface area contributed by atoms with Crippen molar-refractivity contribution in [1.82, 2.24) is 5.32 Å². The Balaban J connectivity index is 1.98. The van der Waals surface area contributed by atoms with E-state index in [2.05, 4.69) is 10.6 Å². The molecule has 0 aliphatic carbocycles. The van der Waals surface area contributed by atoms with Crippen molar-refractivity contribution in [3.63, 3.8) is 0 Å². The maximum absolute atomic E-state index is 11.0. The van der Waals surface area contributed by atoms with E-state index in [0.29, 0.717) is 29.4 Å². The van der Waals surface area contributed by atoms with Crippen LogP contribution in [0.3, 0.4) is 0 Å². The summed E-state index contributed by atoms with van der Waals surface area (Å²) in [7, 11) is 1.64. The van der Waals surface area contributed by atoms with Gasteiger partial charge in [0.1, 0.15) is 5.69 Å². The van der Waals surface area contributed by atoms with Gasteiger partial charge in [-0.25, -0.2) is 0 Å². The molecule has 0 bridgehead atoms. The summed E-state index contributed by atoms with van der Waals surface area (Å²) in [5, 5.41) is 27.5. The van der Waals surface area contributed by atoms with Crippen LogP contribution in [0, 0.1) is 10.1 Å². The van der Waals surface area contributed by atoms with Gasteiger partial charge in [-0.2, -0.15) is 0 Å². The first-order valence-electron chi connectivity index (χ1n) is 7.11. The number of nitro groups is 1. The highest BCUT2D eigenvalue weighted by atomic mass is 35.5. The molecule has 2 aromatic carbocycles. The van der Waals surface area contributed by atoms with Crippen LogP contribution in [0.4, 0.5) is 11.4 Å². The van der Waals surface area contributed by atoms with E-state index in [1.165, 1.54) is 6.07 Å². The van der Waals surface area contributed by atoms with E-state index >= 15 is 0 Å². The molecule has 23 heavy (non-hydrogen) atoms. The molecule has 0 aromatic heterocycles. The van der Waals surface area contributed by atoms with Gasteiger partial charge in [0.05, 0.1) is 11.0 Å². The van der Waals surface area contributed by atoms with Crippen LogP contribution in [-0.2, 0) is 6.54 Å². The van der Waals surface area contributed by atoms with E-state index in [0.717, 1.165) is 5.56 Å². The van der Waals surface area contributed by atoms with E-state index in [9.17, 15) is 15.2 Å². The summed E-state index contributed by atoms with van der Waals surface area (Å²) < 4.78 is 0.